The highest BCUT2D eigenvalue weighted by Gasteiger charge is 2.21. The number of pyridine rings is 1. The van der Waals surface area contributed by atoms with Crippen LogP contribution in [0.5, 0.6) is 0 Å². The minimum absolute atomic E-state index is 0.761. The molecule has 2 aromatic heterocycles. The van der Waals surface area contributed by atoms with E-state index in [-0.39, 0.29) is 0 Å². The third-order valence-corrected chi connectivity index (χ3v) is 4.42. The van der Waals surface area contributed by atoms with Crippen LogP contribution >= 0.6 is 11.6 Å². The average molecular weight is 325 g/mol. The zero-order chi connectivity index (χ0) is 15.6. The summed E-state index contributed by atoms with van der Waals surface area (Å²) in [6.45, 7) is 1.84. The van der Waals surface area contributed by atoms with Crippen LogP contribution in [0.4, 0.5) is 0 Å². The molecule has 0 amide bonds. The Balaban J connectivity index is 1.75. The molecule has 4 nitrogen and oxygen atoms in total. The van der Waals surface area contributed by atoms with E-state index < -0.39 is 0 Å². The van der Waals surface area contributed by atoms with Gasteiger partial charge in [0.1, 0.15) is 0 Å². The molecular formula is C18H17ClN4. The second-order valence-corrected chi connectivity index (χ2v) is 6.14. The number of benzene rings is 1. The van der Waals surface area contributed by atoms with Crippen molar-refractivity contribution in [3.63, 3.8) is 0 Å². The van der Waals surface area contributed by atoms with Gasteiger partial charge in [-0.15, -0.1) is 0 Å². The molecule has 3 heterocycles. The number of fused-ring (bicyclic) bond motifs is 1. The maximum Gasteiger partial charge on any atom is 0.153 e. The number of nitrogens with one attached hydrogen (secondary N) is 1. The summed E-state index contributed by atoms with van der Waals surface area (Å²) < 4.78 is 2.00. The van der Waals surface area contributed by atoms with Gasteiger partial charge in [0.05, 0.1) is 11.4 Å². The first kappa shape index (κ1) is 14.4. The van der Waals surface area contributed by atoms with Gasteiger partial charge in [0.2, 0.25) is 0 Å². The van der Waals surface area contributed by atoms with Gasteiger partial charge in [0.15, 0.2) is 5.82 Å². The lowest BCUT2D eigenvalue weighted by Gasteiger charge is -2.15. The van der Waals surface area contributed by atoms with Gasteiger partial charge in [-0.05, 0) is 29.8 Å². The Morgan fingerprint density at radius 2 is 2.00 bits per heavy atom. The summed E-state index contributed by atoms with van der Waals surface area (Å²) in [7, 11) is 0. The van der Waals surface area contributed by atoms with Gasteiger partial charge in [0.25, 0.3) is 0 Å². The van der Waals surface area contributed by atoms with Gasteiger partial charge < -0.3 is 5.32 Å². The molecule has 116 valence electrons. The highest BCUT2D eigenvalue weighted by atomic mass is 35.5. The Bertz CT molecular complexity index is 809. The van der Waals surface area contributed by atoms with E-state index in [0.29, 0.717) is 0 Å². The third kappa shape index (κ3) is 2.87. The number of nitrogens with zero attached hydrogens (tertiary/aromatic N) is 3. The van der Waals surface area contributed by atoms with E-state index in [1.807, 2.05) is 41.2 Å². The van der Waals surface area contributed by atoms with E-state index in [1.165, 1.54) is 16.8 Å². The van der Waals surface area contributed by atoms with Gasteiger partial charge in [-0.3, -0.25) is 0 Å². The van der Waals surface area contributed by atoms with Gasteiger partial charge in [0, 0.05) is 42.7 Å². The molecule has 0 bridgehead atoms. The van der Waals surface area contributed by atoms with Gasteiger partial charge in [-0.1, -0.05) is 29.8 Å². The third-order valence-electron chi connectivity index (χ3n) is 4.16. The number of aromatic nitrogens is 3. The van der Waals surface area contributed by atoms with Crippen molar-refractivity contribution in [2.24, 2.45) is 0 Å². The van der Waals surface area contributed by atoms with E-state index in [4.69, 9.17) is 16.7 Å². The molecule has 1 aliphatic heterocycles. The first-order chi connectivity index (χ1) is 11.3. The van der Waals surface area contributed by atoms with Crippen LogP contribution < -0.4 is 5.32 Å². The SMILES string of the molecule is Clc1ccc(Cc2nn(-c3ccccn3)c3c2CNCC3)cc1. The Morgan fingerprint density at radius 1 is 1.13 bits per heavy atom. The largest absolute Gasteiger partial charge is 0.312 e. The summed E-state index contributed by atoms with van der Waals surface area (Å²) in [5, 5.41) is 9.07. The Hall–Kier alpha value is -2.17. The summed E-state index contributed by atoms with van der Waals surface area (Å²) >= 11 is 5.98. The van der Waals surface area contributed by atoms with Crippen molar-refractivity contribution >= 4 is 11.6 Å². The Labute approximate surface area is 140 Å². The summed E-state index contributed by atoms with van der Waals surface area (Å²) in [6.07, 6.45) is 3.59. The molecule has 0 saturated carbocycles. The highest BCUT2D eigenvalue weighted by molar-refractivity contribution is 6.30. The molecule has 4 rings (SSSR count). The van der Waals surface area contributed by atoms with Crippen LogP contribution in [0.15, 0.2) is 48.7 Å². The quantitative estimate of drug-likeness (QED) is 0.804. The fourth-order valence-electron chi connectivity index (χ4n) is 3.02. The lowest BCUT2D eigenvalue weighted by atomic mass is 10.0. The molecule has 0 radical (unpaired) electrons. The standard InChI is InChI=1S/C18H17ClN4/c19-14-6-4-13(5-7-14)11-16-15-12-20-10-8-17(15)23(22-16)18-3-1-2-9-21-18/h1-7,9,20H,8,10-12H2. The Kier molecular flexibility index (Phi) is 3.85. The van der Waals surface area contributed by atoms with Gasteiger partial charge in [-0.25, -0.2) is 9.67 Å². The van der Waals surface area contributed by atoms with Crippen molar-refractivity contribution in [1.29, 1.82) is 0 Å². The molecule has 0 atom stereocenters. The number of hydrogen-bond acceptors (Lipinski definition) is 3. The first-order valence-corrected chi connectivity index (χ1v) is 8.15. The molecule has 0 aliphatic carbocycles. The molecule has 0 spiro atoms. The fourth-order valence-corrected chi connectivity index (χ4v) is 3.15. The van der Waals surface area contributed by atoms with Gasteiger partial charge in [-0.2, -0.15) is 5.10 Å². The van der Waals surface area contributed by atoms with E-state index >= 15 is 0 Å². The molecule has 1 N–H and O–H groups in total. The molecule has 3 aromatic rings. The fraction of sp³-hybridized carbons (Fsp3) is 0.222. The van der Waals surface area contributed by atoms with Crippen molar-refractivity contribution in [2.45, 2.75) is 19.4 Å². The molecular weight excluding hydrogens is 308 g/mol. The highest BCUT2D eigenvalue weighted by Crippen LogP contribution is 2.23. The molecule has 1 aliphatic rings. The van der Waals surface area contributed by atoms with E-state index in [1.54, 1.807) is 0 Å². The topological polar surface area (TPSA) is 42.7 Å². The van der Waals surface area contributed by atoms with Crippen molar-refractivity contribution in [2.75, 3.05) is 6.54 Å². The lowest BCUT2D eigenvalue weighted by molar-refractivity contribution is 0.619. The van der Waals surface area contributed by atoms with Crippen molar-refractivity contribution < 1.29 is 0 Å². The average Bonchev–Trinajstić information content (AvgIpc) is 2.97. The number of rotatable bonds is 3. The van der Waals surface area contributed by atoms with Crippen LogP contribution in [0.25, 0.3) is 5.82 Å². The van der Waals surface area contributed by atoms with Crippen LogP contribution in [0.3, 0.4) is 0 Å². The smallest absolute Gasteiger partial charge is 0.153 e. The molecule has 1 aromatic carbocycles. The maximum atomic E-state index is 5.98. The minimum Gasteiger partial charge on any atom is -0.312 e. The summed E-state index contributed by atoms with van der Waals surface area (Å²) in [4.78, 5) is 4.45. The second-order valence-electron chi connectivity index (χ2n) is 5.70. The Morgan fingerprint density at radius 3 is 2.78 bits per heavy atom. The molecule has 0 unspecified atom stereocenters. The lowest BCUT2D eigenvalue weighted by Crippen LogP contribution is -2.25. The number of hydrogen-bond donors (Lipinski definition) is 1. The molecule has 0 saturated heterocycles. The predicted molar refractivity (Wildman–Crippen MR) is 91.0 cm³/mol. The second kappa shape index (κ2) is 6.14. The summed E-state index contributed by atoms with van der Waals surface area (Å²) in [5.41, 5.74) is 4.90. The number of halogens is 1. The van der Waals surface area contributed by atoms with Crippen molar-refractivity contribution in [1.82, 2.24) is 20.1 Å². The van der Waals surface area contributed by atoms with E-state index in [0.717, 1.165) is 42.5 Å². The minimum atomic E-state index is 0.761. The van der Waals surface area contributed by atoms with Crippen molar-refractivity contribution in [3.8, 4) is 5.82 Å². The van der Waals surface area contributed by atoms with E-state index in [2.05, 4.69) is 22.4 Å². The van der Waals surface area contributed by atoms with Crippen LogP contribution in [0, 0.1) is 0 Å². The molecule has 5 heteroatoms. The predicted octanol–water partition coefficient (Wildman–Crippen LogP) is 3.16. The molecule has 23 heavy (non-hydrogen) atoms. The molecule has 0 fully saturated rings. The van der Waals surface area contributed by atoms with Crippen molar-refractivity contribution in [3.05, 3.63) is 76.2 Å². The van der Waals surface area contributed by atoms with E-state index in [9.17, 15) is 0 Å². The first-order valence-electron chi connectivity index (χ1n) is 7.77. The van der Waals surface area contributed by atoms with Crippen LogP contribution in [-0.4, -0.2) is 21.3 Å². The summed E-state index contributed by atoms with van der Waals surface area (Å²) in [5.74, 6) is 0.882. The van der Waals surface area contributed by atoms with Gasteiger partial charge >= 0.3 is 0 Å². The normalized spacial score (nSPS) is 13.8. The van der Waals surface area contributed by atoms with Crippen LogP contribution in [-0.2, 0) is 19.4 Å². The zero-order valence-electron chi connectivity index (χ0n) is 12.7. The van der Waals surface area contributed by atoms with Crippen LogP contribution in [0.2, 0.25) is 5.02 Å². The zero-order valence-corrected chi connectivity index (χ0v) is 13.4. The monoisotopic (exact) mass is 324 g/mol. The van der Waals surface area contributed by atoms with Crippen LogP contribution in [0.1, 0.15) is 22.5 Å². The maximum absolute atomic E-state index is 5.98. The summed E-state index contributed by atoms with van der Waals surface area (Å²) in [6, 6.07) is 13.9.